The van der Waals surface area contributed by atoms with Crippen LogP contribution in [-0.4, -0.2) is 27.8 Å². The molecule has 7 nitrogen and oxygen atoms in total. The molecular weight excluding hydrogens is 354 g/mol. The lowest BCUT2D eigenvalue weighted by Crippen LogP contribution is -2.42. The number of anilines is 1. The number of benzene rings is 2. The molecular formula is C21H21N5O2. The first-order valence-corrected chi connectivity index (χ1v) is 8.99. The molecule has 0 spiro atoms. The van der Waals surface area contributed by atoms with Gasteiger partial charge >= 0.3 is 0 Å². The Labute approximate surface area is 163 Å². The number of amides is 1. The second-order valence-electron chi connectivity index (χ2n) is 6.55. The van der Waals surface area contributed by atoms with E-state index >= 15 is 0 Å². The zero-order chi connectivity index (χ0) is 19.5. The fourth-order valence-corrected chi connectivity index (χ4v) is 3.51. The molecule has 2 heterocycles. The van der Waals surface area contributed by atoms with E-state index in [-0.39, 0.29) is 5.91 Å². The second kappa shape index (κ2) is 7.56. The van der Waals surface area contributed by atoms with Crippen LogP contribution in [0.4, 0.5) is 5.95 Å². The summed E-state index contributed by atoms with van der Waals surface area (Å²) in [6, 6.07) is 17.0. The van der Waals surface area contributed by atoms with Gasteiger partial charge in [-0.25, -0.2) is 4.68 Å². The molecule has 0 bridgehead atoms. The fourth-order valence-electron chi connectivity index (χ4n) is 3.51. The van der Waals surface area contributed by atoms with Crippen molar-refractivity contribution in [2.24, 2.45) is 5.92 Å². The number of ether oxygens (including phenoxy) is 1. The largest absolute Gasteiger partial charge is 0.496 e. The predicted molar refractivity (Wildman–Crippen MR) is 106 cm³/mol. The van der Waals surface area contributed by atoms with E-state index in [9.17, 15) is 4.79 Å². The highest BCUT2D eigenvalue weighted by molar-refractivity contribution is 5.84. The summed E-state index contributed by atoms with van der Waals surface area (Å²) in [7, 11) is 1.61. The first-order valence-electron chi connectivity index (χ1n) is 8.99. The molecule has 1 aromatic heterocycles. The molecule has 0 radical (unpaired) electrons. The van der Waals surface area contributed by atoms with Crippen LogP contribution in [0.2, 0.25) is 0 Å². The summed E-state index contributed by atoms with van der Waals surface area (Å²) in [4.78, 5) is 17.4. The number of carbonyl (C=O) groups excluding carboxylic acids is 1. The van der Waals surface area contributed by atoms with Gasteiger partial charge < -0.3 is 15.4 Å². The minimum Gasteiger partial charge on any atom is -0.496 e. The number of aromatic nitrogens is 3. The van der Waals surface area contributed by atoms with Crippen molar-refractivity contribution < 1.29 is 9.53 Å². The highest BCUT2D eigenvalue weighted by Gasteiger charge is 2.40. The molecule has 7 heteroatoms. The van der Waals surface area contributed by atoms with Gasteiger partial charge in [0.1, 0.15) is 24.0 Å². The van der Waals surface area contributed by atoms with Crippen molar-refractivity contribution in [2.75, 3.05) is 12.4 Å². The van der Waals surface area contributed by atoms with Gasteiger partial charge in [0.15, 0.2) is 0 Å². The molecule has 142 valence electrons. The molecule has 1 aliphatic heterocycles. The maximum atomic E-state index is 13.2. The third-order valence-electron chi connectivity index (χ3n) is 4.85. The molecule has 0 aliphatic carbocycles. The zero-order valence-electron chi connectivity index (χ0n) is 15.5. The molecule has 2 aromatic carbocycles. The van der Waals surface area contributed by atoms with Gasteiger partial charge in [-0.05, 0) is 11.6 Å². The average molecular weight is 375 g/mol. The fraction of sp³-hybridized carbons (Fsp3) is 0.190. The second-order valence-corrected chi connectivity index (χ2v) is 6.55. The van der Waals surface area contributed by atoms with Crippen LogP contribution in [0, 0.1) is 5.92 Å². The van der Waals surface area contributed by atoms with E-state index in [0.29, 0.717) is 23.9 Å². The molecule has 3 aromatic rings. The number of hydrogen-bond donors (Lipinski definition) is 2. The van der Waals surface area contributed by atoms with E-state index in [1.54, 1.807) is 11.8 Å². The minimum atomic E-state index is -0.575. The lowest BCUT2D eigenvalue weighted by Gasteiger charge is -2.34. The summed E-state index contributed by atoms with van der Waals surface area (Å²) in [5.41, 5.74) is 2.45. The number of nitrogens with zero attached hydrogens (tertiary/aromatic N) is 3. The van der Waals surface area contributed by atoms with Gasteiger partial charge in [-0.15, -0.1) is 0 Å². The van der Waals surface area contributed by atoms with Crippen LogP contribution in [0.3, 0.4) is 0 Å². The predicted octanol–water partition coefficient (Wildman–Crippen LogP) is 2.75. The Balaban J connectivity index is 1.69. The number of hydrogen-bond acceptors (Lipinski definition) is 5. The Hall–Kier alpha value is -3.61. The smallest absolute Gasteiger partial charge is 0.231 e. The van der Waals surface area contributed by atoms with Crippen molar-refractivity contribution in [3.63, 3.8) is 0 Å². The maximum absolute atomic E-state index is 13.2. The van der Waals surface area contributed by atoms with Gasteiger partial charge in [0.2, 0.25) is 11.9 Å². The molecule has 0 unspecified atom stereocenters. The molecule has 4 rings (SSSR count). The van der Waals surface area contributed by atoms with Gasteiger partial charge in [0.25, 0.3) is 0 Å². The Bertz CT molecular complexity index is 999. The van der Waals surface area contributed by atoms with Crippen LogP contribution < -0.4 is 15.4 Å². The van der Waals surface area contributed by atoms with Crippen LogP contribution >= 0.6 is 0 Å². The zero-order valence-corrected chi connectivity index (χ0v) is 15.5. The van der Waals surface area contributed by atoms with Crippen molar-refractivity contribution in [3.8, 4) is 5.75 Å². The third-order valence-corrected chi connectivity index (χ3v) is 4.85. The maximum Gasteiger partial charge on any atom is 0.231 e. The van der Waals surface area contributed by atoms with Crippen LogP contribution in [0.25, 0.3) is 0 Å². The number of methoxy groups -OCH3 is 1. The van der Waals surface area contributed by atoms with Gasteiger partial charge in [-0.1, -0.05) is 55.1 Å². The minimum absolute atomic E-state index is 0.140. The highest BCUT2D eigenvalue weighted by Crippen LogP contribution is 2.40. The van der Waals surface area contributed by atoms with Crippen LogP contribution in [0.5, 0.6) is 5.75 Å². The molecule has 2 N–H and O–H groups in total. The van der Waals surface area contributed by atoms with Crippen molar-refractivity contribution in [2.45, 2.75) is 12.6 Å². The number of fused-ring (bicyclic) bond motifs is 1. The lowest BCUT2D eigenvalue weighted by molar-refractivity contribution is -0.125. The molecule has 1 aliphatic rings. The molecule has 0 fully saturated rings. The molecule has 0 saturated heterocycles. The van der Waals surface area contributed by atoms with E-state index < -0.39 is 12.0 Å². The number of carbonyl (C=O) groups is 1. The normalized spacial score (nSPS) is 18.1. The summed E-state index contributed by atoms with van der Waals surface area (Å²) in [6.45, 7) is 4.52. The molecule has 1 amide bonds. The number of rotatable bonds is 5. The molecule has 2 atom stereocenters. The first kappa shape index (κ1) is 17.8. The number of nitrogens with one attached hydrogen (secondary N) is 2. The van der Waals surface area contributed by atoms with E-state index in [0.717, 1.165) is 11.1 Å². The Morgan fingerprint density at radius 1 is 1.21 bits per heavy atom. The standard InChI is InChI=1S/C21H21N5O2/c1-14-18(20(27)22-12-15-8-4-3-5-9-15)19(26-21(25-14)23-13-24-26)16-10-6-7-11-17(16)28-2/h3-11,13,18-19H,1,12H2,2H3,(H,22,27)(H,23,24,25)/t18-,19-/m1/s1. The van der Waals surface area contributed by atoms with Crippen LogP contribution in [-0.2, 0) is 11.3 Å². The molecule has 28 heavy (non-hydrogen) atoms. The highest BCUT2D eigenvalue weighted by atomic mass is 16.5. The van der Waals surface area contributed by atoms with E-state index in [1.165, 1.54) is 6.33 Å². The Morgan fingerprint density at radius 3 is 2.75 bits per heavy atom. The quantitative estimate of drug-likeness (QED) is 0.717. The van der Waals surface area contributed by atoms with Gasteiger partial charge in [-0.2, -0.15) is 10.1 Å². The summed E-state index contributed by atoms with van der Waals surface area (Å²) in [5.74, 6) is 0.519. The van der Waals surface area contributed by atoms with Gasteiger partial charge in [0, 0.05) is 17.8 Å². The van der Waals surface area contributed by atoms with Crippen LogP contribution in [0.15, 0.2) is 73.2 Å². The summed E-state index contributed by atoms with van der Waals surface area (Å²) in [5, 5.41) is 10.5. The van der Waals surface area contributed by atoms with Gasteiger partial charge in [-0.3, -0.25) is 4.79 Å². The third kappa shape index (κ3) is 3.22. The van der Waals surface area contributed by atoms with Crippen molar-refractivity contribution >= 4 is 11.9 Å². The first-order chi connectivity index (χ1) is 13.7. The average Bonchev–Trinajstić information content (AvgIpc) is 3.19. The topological polar surface area (TPSA) is 81.1 Å². The van der Waals surface area contributed by atoms with Crippen molar-refractivity contribution in [3.05, 3.63) is 84.3 Å². The SMILES string of the molecule is C=C1Nc2ncnn2[C@H](c2ccccc2OC)[C@@H]1C(=O)NCc1ccccc1. The van der Waals surface area contributed by atoms with Gasteiger partial charge in [0.05, 0.1) is 7.11 Å². The Kier molecular flexibility index (Phi) is 4.80. The van der Waals surface area contributed by atoms with E-state index in [1.807, 2.05) is 54.6 Å². The molecule has 0 saturated carbocycles. The number of para-hydroxylation sites is 1. The van der Waals surface area contributed by atoms with E-state index in [2.05, 4.69) is 27.3 Å². The van der Waals surface area contributed by atoms with E-state index in [4.69, 9.17) is 4.74 Å². The van der Waals surface area contributed by atoms with Crippen LogP contribution in [0.1, 0.15) is 17.2 Å². The summed E-state index contributed by atoms with van der Waals surface area (Å²) >= 11 is 0. The van der Waals surface area contributed by atoms with Crippen molar-refractivity contribution in [1.82, 2.24) is 20.1 Å². The monoisotopic (exact) mass is 375 g/mol. The summed E-state index contributed by atoms with van der Waals surface area (Å²) in [6.07, 6.45) is 1.46. The van der Waals surface area contributed by atoms with Crippen molar-refractivity contribution in [1.29, 1.82) is 0 Å². The summed E-state index contributed by atoms with van der Waals surface area (Å²) < 4.78 is 7.25. The Morgan fingerprint density at radius 2 is 1.96 bits per heavy atom. The lowest BCUT2D eigenvalue weighted by atomic mass is 9.88.